The van der Waals surface area contributed by atoms with Crippen LogP contribution < -0.4 is 19.9 Å². The lowest BCUT2D eigenvalue weighted by Crippen LogP contribution is -2.45. The first-order valence-electron chi connectivity index (χ1n) is 12.3. The van der Waals surface area contributed by atoms with Crippen molar-refractivity contribution >= 4 is 33.6 Å². The average Bonchev–Trinajstić information content (AvgIpc) is 2.89. The third-order valence-corrected chi connectivity index (χ3v) is 6.50. The van der Waals surface area contributed by atoms with Gasteiger partial charge in [0.05, 0.1) is 38.2 Å². The van der Waals surface area contributed by atoms with Crippen molar-refractivity contribution in [3.63, 3.8) is 0 Å². The Hall–Kier alpha value is -4.34. The standard InChI is InChI=1S/C28H33N5O5/c1-7-33(27(34)35)15-25(28(2,3)4)38-17-8-16(12-30-13-17)21-9-18-19-10-23(36-5)24(37-6)11-22(19)31-14-20(18)26(29)32-21/h8-14,25H,7,15H2,1-6H3,(H2,29,32)(H,34,35). The van der Waals surface area contributed by atoms with Crippen LogP contribution in [-0.4, -0.2) is 64.5 Å². The van der Waals surface area contributed by atoms with Gasteiger partial charge in [0.25, 0.3) is 0 Å². The fraction of sp³-hybridized carbons (Fsp3) is 0.357. The molecule has 1 amide bonds. The Labute approximate surface area is 221 Å². The second-order valence-corrected chi connectivity index (χ2v) is 10.0. The summed E-state index contributed by atoms with van der Waals surface area (Å²) in [6.07, 6.45) is 3.62. The molecule has 4 aromatic rings. The van der Waals surface area contributed by atoms with Crippen LogP contribution in [0, 0.1) is 5.41 Å². The Morgan fingerprint density at radius 1 is 1.03 bits per heavy atom. The van der Waals surface area contributed by atoms with E-state index in [1.165, 1.54) is 4.90 Å². The predicted molar refractivity (Wildman–Crippen MR) is 147 cm³/mol. The number of carboxylic acid groups (broad SMARTS) is 1. The molecular weight excluding hydrogens is 486 g/mol. The number of carbonyl (C=O) groups is 1. The number of nitrogen functional groups attached to an aromatic ring is 1. The number of aromatic nitrogens is 3. The topological polar surface area (TPSA) is 133 Å². The number of hydrogen-bond acceptors (Lipinski definition) is 8. The molecule has 1 unspecified atom stereocenters. The van der Waals surface area contributed by atoms with Crippen molar-refractivity contribution < 1.29 is 24.1 Å². The smallest absolute Gasteiger partial charge is 0.407 e. The van der Waals surface area contributed by atoms with E-state index in [9.17, 15) is 9.90 Å². The maximum Gasteiger partial charge on any atom is 0.407 e. The van der Waals surface area contributed by atoms with Gasteiger partial charge in [-0.3, -0.25) is 9.97 Å². The lowest BCUT2D eigenvalue weighted by atomic mass is 9.88. The number of anilines is 1. The van der Waals surface area contributed by atoms with E-state index < -0.39 is 12.2 Å². The van der Waals surface area contributed by atoms with Crippen LogP contribution in [0.2, 0.25) is 0 Å². The fourth-order valence-electron chi connectivity index (χ4n) is 4.22. The molecular formula is C28H33N5O5. The van der Waals surface area contributed by atoms with E-state index in [1.54, 1.807) is 39.7 Å². The number of hydrogen-bond donors (Lipinski definition) is 2. The van der Waals surface area contributed by atoms with Gasteiger partial charge < -0.3 is 30.0 Å². The first kappa shape index (κ1) is 26.7. The average molecular weight is 520 g/mol. The minimum Gasteiger partial charge on any atom is -0.493 e. The first-order chi connectivity index (χ1) is 18.0. The van der Waals surface area contributed by atoms with E-state index in [2.05, 4.69) is 15.0 Å². The van der Waals surface area contributed by atoms with Crippen LogP contribution >= 0.6 is 0 Å². The summed E-state index contributed by atoms with van der Waals surface area (Å²) < 4.78 is 17.2. The molecule has 3 N–H and O–H groups in total. The van der Waals surface area contributed by atoms with E-state index in [1.807, 2.05) is 45.0 Å². The summed E-state index contributed by atoms with van der Waals surface area (Å²) in [6, 6.07) is 7.47. The van der Waals surface area contributed by atoms with Crippen LogP contribution in [0.3, 0.4) is 0 Å². The fourth-order valence-corrected chi connectivity index (χ4v) is 4.22. The number of likely N-dealkylation sites (N-methyl/N-ethyl adjacent to an activating group) is 1. The molecule has 38 heavy (non-hydrogen) atoms. The van der Waals surface area contributed by atoms with Crippen LogP contribution in [0.1, 0.15) is 27.7 Å². The molecule has 0 saturated heterocycles. The minimum absolute atomic E-state index is 0.227. The van der Waals surface area contributed by atoms with Crippen molar-refractivity contribution in [2.45, 2.75) is 33.8 Å². The Morgan fingerprint density at radius 3 is 2.37 bits per heavy atom. The van der Waals surface area contributed by atoms with Crippen molar-refractivity contribution in [1.29, 1.82) is 0 Å². The van der Waals surface area contributed by atoms with Crippen LogP contribution in [0.5, 0.6) is 17.2 Å². The Balaban J connectivity index is 1.77. The van der Waals surface area contributed by atoms with Crippen molar-refractivity contribution in [2.24, 2.45) is 5.41 Å². The number of nitrogens with two attached hydrogens (primary N) is 1. The molecule has 0 saturated carbocycles. The largest absolute Gasteiger partial charge is 0.493 e. The van der Waals surface area contributed by atoms with Gasteiger partial charge in [-0.25, -0.2) is 9.78 Å². The SMILES string of the molecule is CCN(CC(Oc1cncc(-c2cc3c(cnc4cc(OC)c(OC)cc43)c(N)n2)c1)C(C)(C)C)C(=O)O. The van der Waals surface area contributed by atoms with Crippen LogP contribution in [0.4, 0.5) is 10.6 Å². The van der Waals surface area contributed by atoms with Gasteiger partial charge >= 0.3 is 6.09 Å². The summed E-state index contributed by atoms with van der Waals surface area (Å²) in [5.41, 5.74) is 8.10. The molecule has 0 bridgehead atoms. The van der Waals surface area contributed by atoms with Gasteiger partial charge in [-0.2, -0.15) is 0 Å². The van der Waals surface area contributed by atoms with Crippen LogP contribution in [0.15, 0.2) is 42.9 Å². The molecule has 3 aromatic heterocycles. The summed E-state index contributed by atoms with van der Waals surface area (Å²) in [5.74, 6) is 2.01. The molecule has 1 atom stereocenters. The van der Waals surface area contributed by atoms with Gasteiger partial charge in [0.1, 0.15) is 17.7 Å². The Kier molecular flexibility index (Phi) is 7.43. The molecule has 4 rings (SSSR count). The van der Waals surface area contributed by atoms with Crippen molar-refractivity contribution in [1.82, 2.24) is 19.9 Å². The van der Waals surface area contributed by atoms with Gasteiger partial charge in [-0.05, 0) is 30.5 Å². The number of amides is 1. The summed E-state index contributed by atoms with van der Waals surface area (Å²) in [4.78, 5) is 26.5. The minimum atomic E-state index is -0.982. The number of rotatable bonds is 8. The molecule has 0 fully saturated rings. The van der Waals surface area contributed by atoms with E-state index in [0.29, 0.717) is 40.9 Å². The number of methoxy groups -OCH3 is 2. The summed E-state index contributed by atoms with van der Waals surface area (Å²) in [5, 5.41) is 11.9. The van der Waals surface area contributed by atoms with Gasteiger partial charge in [0.15, 0.2) is 11.5 Å². The van der Waals surface area contributed by atoms with Crippen molar-refractivity contribution in [2.75, 3.05) is 33.0 Å². The quantitative estimate of drug-likeness (QED) is 0.300. The molecule has 0 radical (unpaired) electrons. The normalized spacial score (nSPS) is 12.4. The maximum atomic E-state index is 11.6. The zero-order chi connectivity index (χ0) is 27.6. The number of pyridine rings is 3. The highest BCUT2D eigenvalue weighted by Crippen LogP contribution is 2.37. The van der Waals surface area contributed by atoms with Crippen molar-refractivity contribution in [3.05, 3.63) is 42.9 Å². The van der Waals surface area contributed by atoms with Crippen LogP contribution in [0.25, 0.3) is 32.9 Å². The lowest BCUT2D eigenvalue weighted by molar-refractivity contribution is 0.0494. The summed E-state index contributed by atoms with van der Waals surface area (Å²) in [7, 11) is 3.17. The molecule has 3 heterocycles. The van der Waals surface area contributed by atoms with E-state index in [-0.39, 0.29) is 12.0 Å². The lowest BCUT2D eigenvalue weighted by Gasteiger charge is -2.34. The predicted octanol–water partition coefficient (Wildman–Crippen LogP) is 5.24. The zero-order valence-electron chi connectivity index (χ0n) is 22.5. The third-order valence-electron chi connectivity index (χ3n) is 6.50. The van der Waals surface area contributed by atoms with E-state index >= 15 is 0 Å². The number of fused-ring (bicyclic) bond motifs is 3. The molecule has 1 aromatic carbocycles. The maximum absolute atomic E-state index is 11.6. The summed E-state index contributed by atoms with van der Waals surface area (Å²) in [6.45, 7) is 8.43. The molecule has 10 nitrogen and oxygen atoms in total. The highest BCUT2D eigenvalue weighted by atomic mass is 16.5. The third kappa shape index (κ3) is 5.34. The second kappa shape index (κ2) is 10.6. The molecule has 0 aliphatic carbocycles. The number of benzene rings is 1. The summed E-state index contributed by atoms with van der Waals surface area (Å²) >= 11 is 0. The zero-order valence-corrected chi connectivity index (χ0v) is 22.5. The Bertz CT molecular complexity index is 1480. The first-order valence-corrected chi connectivity index (χ1v) is 12.3. The monoisotopic (exact) mass is 519 g/mol. The van der Waals surface area contributed by atoms with Gasteiger partial charge in [0.2, 0.25) is 0 Å². The molecule has 0 spiro atoms. The number of nitrogens with zero attached hydrogens (tertiary/aromatic N) is 4. The van der Waals surface area contributed by atoms with Gasteiger partial charge in [0, 0.05) is 46.8 Å². The van der Waals surface area contributed by atoms with Crippen LogP contribution in [-0.2, 0) is 0 Å². The van der Waals surface area contributed by atoms with Crippen molar-refractivity contribution in [3.8, 4) is 28.5 Å². The number of ether oxygens (including phenoxy) is 3. The van der Waals surface area contributed by atoms with Gasteiger partial charge in [-0.1, -0.05) is 20.8 Å². The molecule has 10 heteroatoms. The molecule has 200 valence electrons. The second-order valence-electron chi connectivity index (χ2n) is 10.0. The molecule has 0 aliphatic rings. The Morgan fingerprint density at radius 2 is 1.74 bits per heavy atom. The highest BCUT2D eigenvalue weighted by Gasteiger charge is 2.30. The van der Waals surface area contributed by atoms with E-state index in [4.69, 9.17) is 19.9 Å². The highest BCUT2D eigenvalue weighted by molar-refractivity contribution is 6.10. The molecule has 0 aliphatic heterocycles. The van der Waals surface area contributed by atoms with Gasteiger partial charge in [-0.15, -0.1) is 0 Å². The van der Waals surface area contributed by atoms with E-state index in [0.717, 1.165) is 21.7 Å².